The van der Waals surface area contributed by atoms with Crippen molar-refractivity contribution in [3.8, 4) is 11.4 Å². The lowest BCUT2D eigenvalue weighted by Crippen LogP contribution is -2.16. The van der Waals surface area contributed by atoms with E-state index < -0.39 is 11.9 Å². The van der Waals surface area contributed by atoms with Crippen molar-refractivity contribution in [3.63, 3.8) is 0 Å². The second kappa shape index (κ2) is 5.43. The predicted molar refractivity (Wildman–Crippen MR) is 75.9 cm³/mol. The average Bonchev–Trinajstić information content (AvgIpc) is 3.21. The molecule has 0 fully saturated rings. The first-order chi connectivity index (χ1) is 11.5. The highest BCUT2D eigenvalue weighted by Gasteiger charge is 2.40. The van der Waals surface area contributed by atoms with Gasteiger partial charge in [-0.05, 0) is 31.4 Å². The van der Waals surface area contributed by atoms with Gasteiger partial charge in [0, 0.05) is 35.1 Å². The van der Waals surface area contributed by atoms with E-state index in [2.05, 4.69) is 25.3 Å². The molecule has 1 atom stereocenters. The summed E-state index contributed by atoms with van der Waals surface area (Å²) in [6.45, 7) is 0. The summed E-state index contributed by atoms with van der Waals surface area (Å²) in [5.74, 6) is 0.468. The maximum absolute atomic E-state index is 13.0. The van der Waals surface area contributed by atoms with Crippen LogP contribution in [0.4, 0.5) is 13.2 Å². The summed E-state index contributed by atoms with van der Waals surface area (Å²) in [6.07, 6.45) is 0.0298. The Kier molecular flexibility index (Phi) is 3.36. The molecule has 0 saturated carbocycles. The third-order valence-corrected chi connectivity index (χ3v) is 4.13. The van der Waals surface area contributed by atoms with Gasteiger partial charge in [0.2, 0.25) is 11.7 Å². The van der Waals surface area contributed by atoms with Gasteiger partial charge in [-0.2, -0.15) is 23.3 Å². The van der Waals surface area contributed by atoms with E-state index in [0.717, 1.165) is 0 Å². The van der Waals surface area contributed by atoms with Crippen LogP contribution in [0, 0.1) is 0 Å². The summed E-state index contributed by atoms with van der Waals surface area (Å²) < 4.78 is 44.3. The molecule has 0 aromatic carbocycles. The van der Waals surface area contributed by atoms with Crippen molar-refractivity contribution in [1.29, 1.82) is 0 Å². The zero-order valence-electron chi connectivity index (χ0n) is 12.3. The molecular formula is C15H12F3N5O. The van der Waals surface area contributed by atoms with Crippen molar-refractivity contribution in [2.24, 2.45) is 0 Å². The highest BCUT2D eigenvalue weighted by Crippen LogP contribution is 2.38. The Labute approximate surface area is 134 Å². The van der Waals surface area contributed by atoms with Crippen LogP contribution < -0.4 is 0 Å². The number of pyridine rings is 1. The van der Waals surface area contributed by atoms with E-state index in [9.17, 15) is 13.2 Å². The molecule has 124 valence electrons. The minimum Gasteiger partial charge on any atom is -0.339 e. The number of halogens is 3. The lowest BCUT2D eigenvalue weighted by molar-refractivity contribution is -0.141. The molecule has 1 aliphatic carbocycles. The van der Waals surface area contributed by atoms with Crippen molar-refractivity contribution in [3.05, 3.63) is 47.4 Å². The molecule has 0 saturated heterocycles. The van der Waals surface area contributed by atoms with Crippen molar-refractivity contribution >= 4 is 0 Å². The van der Waals surface area contributed by atoms with Crippen LogP contribution in [-0.4, -0.2) is 25.3 Å². The average molecular weight is 335 g/mol. The van der Waals surface area contributed by atoms with Gasteiger partial charge in [-0.3, -0.25) is 10.1 Å². The molecule has 9 heteroatoms. The number of rotatable bonds is 2. The molecule has 1 aliphatic rings. The molecule has 24 heavy (non-hydrogen) atoms. The van der Waals surface area contributed by atoms with Crippen molar-refractivity contribution in [2.75, 3.05) is 0 Å². The van der Waals surface area contributed by atoms with Crippen LogP contribution in [-0.2, 0) is 19.0 Å². The number of H-pyrrole nitrogens is 1. The summed E-state index contributed by atoms with van der Waals surface area (Å²) in [5.41, 5.74) is 0.572. The van der Waals surface area contributed by atoms with E-state index >= 15 is 0 Å². The molecule has 0 radical (unpaired) electrons. The fourth-order valence-corrected chi connectivity index (χ4v) is 2.95. The molecule has 0 spiro atoms. The largest absolute Gasteiger partial charge is 0.435 e. The summed E-state index contributed by atoms with van der Waals surface area (Å²) in [7, 11) is 0. The maximum atomic E-state index is 13.0. The summed E-state index contributed by atoms with van der Waals surface area (Å²) >= 11 is 0. The van der Waals surface area contributed by atoms with E-state index in [4.69, 9.17) is 4.52 Å². The zero-order valence-corrected chi connectivity index (χ0v) is 12.3. The van der Waals surface area contributed by atoms with E-state index in [1.54, 1.807) is 24.5 Å². The topological polar surface area (TPSA) is 80.5 Å². The van der Waals surface area contributed by atoms with Gasteiger partial charge in [-0.15, -0.1) is 0 Å². The van der Waals surface area contributed by atoms with E-state index in [1.807, 2.05) is 0 Å². The van der Waals surface area contributed by atoms with E-state index in [0.29, 0.717) is 35.8 Å². The molecule has 4 rings (SSSR count). The van der Waals surface area contributed by atoms with Gasteiger partial charge >= 0.3 is 6.18 Å². The molecular weight excluding hydrogens is 323 g/mol. The van der Waals surface area contributed by atoms with Gasteiger partial charge < -0.3 is 4.52 Å². The first kappa shape index (κ1) is 14.9. The minimum atomic E-state index is -4.47. The van der Waals surface area contributed by atoms with Gasteiger partial charge in [-0.25, -0.2) is 0 Å². The third kappa shape index (κ3) is 2.55. The van der Waals surface area contributed by atoms with E-state index in [-0.39, 0.29) is 17.9 Å². The van der Waals surface area contributed by atoms with Crippen LogP contribution >= 0.6 is 0 Å². The number of nitrogens with zero attached hydrogens (tertiary/aromatic N) is 4. The predicted octanol–water partition coefficient (Wildman–Crippen LogP) is 3.15. The van der Waals surface area contributed by atoms with Crippen LogP contribution in [0.3, 0.4) is 0 Å². The van der Waals surface area contributed by atoms with Gasteiger partial charge in [0.25, 0.3) is 0 Å². The standard InChI is InChI=1S/C15H12F3N5O/c16-15(17,18)12-10-6-8(3-4-11(10)21-22-12)14-20-13(23-24-14)9-2-1-5-19-7-9/h1-2,5,7-8H,3-4,6H2,(H,21,22)/t8-/m0/s1. The molecule has 1 N–H and O–H groups in total. The highest BCUT2D eigenvalue weighted by atomic mass is 19.4. The van der Waals surface area contributed by atoms with Crippen LogP contribution in [0.15, 0.2) is 29.0 Å². The molecule has 3 aromatic heterocycles. The number of aryl methyl sites for hydroxylation is 1. The summed E-state index contributed by atoms with van der Waals surface area (Å²) in [4.78, 5) is 8.31. The number of fused-ring (bicyclic) bond motifs is 1. The Balaban J connectivity index is 1.61. The minimum absolute atomic E-state index is 0.176. The van der Waals surface area contributed by atoms with Crippen LogP contribution in [0.25, 0.3) is 11.4 Å². The van der Waals surface area contributed by atoms with E-state index in [1.165, 1.54) is 0 Å². The molecule has 0 unspecified atom stereocenters. The third-order valence-electron chi connectivity index (χ3n) is 4.13. The fourth-order valence-electron chi connectivity index (χ4n) is 2.95. The number of aromatic nitrogens is 5. The smallest absolute Gasteiger partial charge is 0.339 e. The van der Waals surface area contributed by atoms with Gasteiger partial charge in [0.1, 0.15) is 0 Å². The Hall–Kier alpha value is -2.71. The number of alkyl halides is 3. The summed E-state index contributed by atoms with van der Waals surface area (Å²) in [6, 6.07) is 3.54. The molecule has 6 nitrogen and oxygen atoms in total. The zero-order chi connectivity index (χ0) is 16.7. The normalized spacial score (nSPS) is 17.7. The van der Waals surface area contributed by atoms with Crippen molar-refractivity contribution < 1.29 is 17.7 Å². The number of hydrogen-bond donors (Lipinski definition) is 1. The van der Waals surface area contributed by atoms with Crippen LogP contribution in [0.1, 0.15) is 35.2 Å². The Morgan fingerprint density at radius 1 is 1.29 bits per heavy atom. The molecule has 0 amide bonds. The van der Waals surface area contributed by atoms with Crippen LogP contribution in [0.5, 0.6) is 0 Å². The fraction of sp³-hybridized carbons (Fsp3) is 0.333. The lowest BCUT2D eigenvalue weighted by atomic mass is 9.86. The first-order valence-corrected chi connectivity index (χ1v) is 7.39. The monoisotopic (exact) mass is 335 g/mol. The molecule has 0 bridgehead atoms. The molecule has 3 heterocycles. The maximum Gasteiger partial charge on any atom is 0.435 e. The van der Waals surface area contributed by atoms with Crippen molar-refractivity contribution in [1.82, 2.24) is 25.3 Å². The quantitative estimate of drug-likeness (QED) is 0.778. The second-order valence-electron chi connectivity index (χ2n) is 5.66. The van der Waals surface area contributed by atoms with Crippen LogP contribution in [0.2, 0.25) is 0 Å². The Morgan fingerprint density at radius 3 is 2.92 bits per heavy atom. The number of aromatic amines is 1. The van der Waals surface area contributed by atoms with Crippen molar-refractivity contribution in [2.45, 2.75) is 31.4 Å². The summed E-state index contributed by atoms with van der Waals surface area (Å²) in [5, 5.41) is 9.82. The van der Waals surface area contributed by atoms with Gasteiger partial charge in [-0.1, -0.05) is 5.16 Å². The second-order valence-corrected chi connectivity index (χ2v) is 5.66. The first-order valence-electron chi connectivity index (χ1n) is 7.39. The lowest BCUT2D eigenvalue weighted by Gasteiger charge is -2.19. The van der Waals surface area contributed by atoms with Gasteiger partial charge in [0.05, 0.1) is 0 Å². The number of nitrogens with one attached hydrogen (secondary N) is 1. The number of hydrogen-bond acceptors (Lipinski definition) is 5. The molecule has 0 aliphatic heterocycles. The van der Waals surface area contributed by atoms with Gasteiger partial charge in [0.15, 0.2) is 5.69 Å². The SMILES string of the molecule is FC(F)(F)c1n[nH]c2c1C[C@@H](c1nc(-c3cccnc3)no1)CC2. The Morgan fingerprint density at radius 2 is 2.17 bits per heavy atom. The Bertz CT molecular complexity index is 856. The molecule has 3 aromatic rings. The highest BCUT2D eigenvalue weighted by molar-refractivity contribution is 5.52.